The van der Waals surface area contributed by atoms with Crippen LogP contribution < -0.4 is 14.9 Å². The summed E-state index contributed by atoms with van der Waals surface area (Å²) in [6, 6.07) is 5.30. The summed E-state index contributed by atoms with van der Waals surface area (Å²) in [5.74, 6) is -0.0934. The molecule has 2 amide bonds. The lowest BCUT2D eigenvalue weighted by molar-refractivity contribution is 0.105. The zero-order valence-corrected chi connectivity index (χ0v) is 16.9. The van der Waals surface area contributed by atoms with Gasteiger partial charge in [-0.3, -0.25) is 10.2 Å². The molecule has 1 heterocycles. The molecule has 0 fully saturated rings. The number of sulfonamides is 2. The Bertz CT molecular complexity index is 1070. The SMILES string of the molecule is CCONS(=O)(=O)c1ccccc1S(=O)(=O)NC(=O)Nc1nc(C)cc(C)n1. The van der Waals surface area contributed by atoms with Gasteiger partial charge in [-0.15, -0.1) is 0 Å². The number of anilines is 1. The molecule has 0 saturated heterocycles. The van der Waals surface area contributed by atoms with E-state index in [0.29, 0.717) is 11.4 Å². The summed E-state index contributed by atoms with van der Waals surface area (Å²) in [5, 5.41) is 2.20. The Hall–Kier alpha value is -2.61. The van der Waals surface area contributed by atoms with E-state index in [4.69, 9.17) is 0 Å². The molecule has 152 valence electrons. The van der Waals surface area contributed by atoms with Gasteiger partial charge in [-0.05, 0) is 39.0 Å². The summed E-state index contributed by atoms with van der Waals surface area (Å²) in [7, 11) is -8.82. The summed E-state index contributed by atoms with van der Waals surface area (Å²) in [4.78, 5) is 25.3. The van der Waals surface area contributed by atoms with Crippen molar-refractivity contribution in [1.82, 2.24) is 19.6 Å². The van der Waals surface area contributed by atoms with E-state index in [9.17, 15) is 21.6 Å². The first-order chi connectivity index (χ1) is 13.0. The lowest BCUT2D eigenvalue weighted by Crippen LogP contribution is -2.36. The number of hydrogen-bond donors (Lipinski definition) is 3. The van der Waals surface area contributed by atoms with Crippen molar-refractivity contribution in [2.45, 2.75) is 30.6 Å². The Balaban J connectivity index is 2.29. The molecular formula is C15H19N5O6S2. The number of rotatable bonds is 7. The minimum Gasteiger partial charge on any atom is -0.287 e. The van der Waals surface area contributed by atoms with Crippen molar-refractivity contribution in [2.24, 2.45) is 0 Å². The summed E-state index contributed by atoms with van der Waals surface area (Å²) in [5.41, 5.74) is 1.15. The first kappa shape index (κ1) is 21.7. The van der Waals surface area contributed by atoms with Crippen molar-refractivity contribution in [3.05, 3.63) is 41.7 Å². The minimum absolute atomic E-state index is 0.0325. The average Bonchev–Trinajstić information content (AvgIpc) is 2.58. The van der Waals surface area contributed by atoms with Gasteiger partial charge < -0.3 is 0 Å². The number of carbonyl (C=O) groups is 1. The van der Waals surface area contributed by atoms with Crippen LogP contribution in [0.25, 0.3) is 0 Å². The first-order valence-electron chi connectivity index (χ1n) is 7.94. The van der Waals surface area contributed by atoms with Crippen LogP contribution in [-0.2, 0) is 24.9 Å². The summed E-state index contributed by atoms with van der Waals surface area (Å²) >= 11 is 0. The smallest absolute Gasteiger partial charge is 0.287 e. The Kier molecular flexibility index (Phi) is 6.66. The van der Waals surface area contributed by atoms with E-state index in [2.05, 4.69) is 20.1 Å². The topological polar surface area (TPSA) is 156 Å². The van der Waals surface area contributed by atoms with E-state index in [-0.39, 0.29) is 12.6 Å². The number of nitrogens with zero attached hydrogens (tertiary/aromatic N) is 2. The van der Waals surface area contributed by atoms with E-state index in [1.807, 2.05) is 0 Å². The Morgan fingerprint density at radius 2 is 1.54 bits per heavy atom. The van der Waals surface area contributed by atoms with Gasteiger partial charge >= 0.3 is 6.03 Å². The van der Waals surface area contributed by atoms with Crippen molar-refractivity contribution < 1.29 is 26.5 Å². The second-order valence-electron chi connectivity index (χ2n) is 5.50. The number of carbonyl (C=O) groups excluding carboxylic acids is 1. The second kappa shape index (κ2) is 8.60. The standard InChI is InChI=1S/C15H19N5O6S2/c1-4-26-20-28(24,25)13-8-6-5-7-12(13)27(22,23)19-15(21)18-14-16-10(2)9-11(3)17-14/h5-9,20H,4H2,1-3H3,(H2,16,17,18,19,21). The fourth-order valence-corrected chi connectivity index (χ4v) is 4.77. The van der Waals surface area contributed by atoms with Gasteiger partial charge in [0.25, 0.3) is 20.0 Å². The molecule has 0 aliphatic heterocycles. The fraction of sp³-hybridized carbons (Fsp3) is 0.267. The van der Waals surface area contributed by atoms with Gasteiger partial charge in [0.05, 0.1) is 6.61 Å². The Morgan fingerprint density at radius 3 is 2.07 bits per heavy atom. The zero-order valence-electron chi connectivity index (χ0n) is 15.3. The molecule has 1 aromatic heterocycles. The monoisotopic (exact) mass is 429 g/mol. The molecule has 0 bridgehead atoms. The molecular weight excluding hydrogens is 410 g/mol. The van der Waals surface area contributed by atoms with Gasteiger partial charge in [0.15, 0.2) is 0 Å². The zero-order chi connectivity index (χ0) is 20.9. The van der Waals surface area contributed by atoms with Crippen molar-refractivity contribution in [3.63, 3.8) is 0 Å². The lowest BCUT2D eigenvalue weighted by Gasteiger charge is -2.12. The minimum atomic E-state index is -4.53. The van der Waals surface area contributed by atoms with E-state index in [0.717, 1.165) is 12.1 Å². The van der Waals surface area contributed by atoms with Gasteiger partial charge in [0.1, 0.15) is 9.79 Å². The number of benzene rings is 1. The van der Waals surface area contributed by atoms with E-state index in [1.165, 1.54) is 12.1 Å². The first-order valence-corrected chi connectivity index (χ1v) is 10.9. The second-order valence-corrected chi connectivity index (χ2v) is 8.76. The molecule has 0 aliphatic rings. The summed E-state index contributed by atoms with van der Waals surface area (Å²) in [6.07, 6.45) is 0. The molecule has 28 heavy (non-hydrogen) atoms. The van der Waals surface area contributed by atoms with Crippen molar-refractivity contribution in [1.29, 1.82) is 0 Å². The van der Waals surface area contributed by atoms with Crippen LogP contribution in [0, 0.1) is 13.8 Å². The van der Waals surface area contributed by atoms with E-state index >= 15 is 0 Å². The van der Waals surface area contributed by atoms with Crippen molar-refractivity contribution in [3.8, 4) is 0 Å². The predicted octanol–water partition coefficient (Wildman–Crippen LogP) is 0.834. The van der Waals surface area contributed by atoms with Gasteiger partial charge in [-0.2, -0.15) is 0 Å². The van der Waals surface area contributed by atoms with Crippen molar-refractivity contribution in [2.75, 3.05) is 11.9 Å². The highest BCUT2D eigenvalue weighted by molar-refractivity contribution is 7.92. The quantitative estimate of drug-likeness (QED) is 0.546. The largest absolute Gasteiger partial charge is 0.335 e. The van der Waals surface area contributed by atoms with E-state index < -0.39 is 35.9 Å². The normalized spacial score (nSPS) is 11.8. The highest BCUT2D eigenvalue weighted by atomic mass is 32.2. The Morgan fingerprint density at radius 1 is 1.00 bits per heavy atom. The number of hydrogen-bond acceptors (Lipinski definition) is 8. The molecule has 0 saturated carbocycles. The third kappa shape index (κ3) is 5.45. The maximum atomic E-state index is 12.6. The van der Waals surface area contributed by atoms with Gasteiger partial charge in [0.2, 0.25) is 5.95 Å². The lowest BCUT2D eigenvalue weighted by atomic mass is 10.4. The molecule has 3 N–H and O–H groups in total. The third-order valence-corrected chi connectivity index (χ3v) is 5.97. The molecule has 0 unspecified atom stereocenters. The highest BCUT2D eigenvalue weighted by Gasteiger charge is 2.28. The van der Waals surface area contributed by atoms with Crippen LogP contribution >= 0.6 is 0 Å². The van der Waals surface area contributed by atoms with Crippen LogP contribution in [0.1, 0.15) is 18.3 Å². The van der Waals surface area contributed by atoms with Crippen LogP contribution in [0.5, 0.6) is 0 Å². The molecule has 11 nitrogen and oxygen atoms in total. The highest BCUT2D eigenvalue weighted by Crippen LogP contribution is 2.20. The molecule has 13 heteroatoms. The van der Waals surface area contributed by atoms with Crippen LogP contribution in [0.2, 0.25) is 0 Å². The van der Waals surface area contributed by atoms with Crippen LogP contribution in [-0.4, -0.2) is 39.4 Å². The average molecular weight is 429 g/mol. The predicted molar refractivity (Wildman–Crippen MR) is 99.2 cm³/mol. The number of aryl methyl sites for hydroxylation is 2. The molecule has 0 atom stereocenters. The van der Waals surface area contributed by atoms with Crippen LogP contribution in [0.3, 0.4) is 0 Å². The van der Waals surface area contributed by atoms with Crippen molar-refractivity contribution >= 4 is 32.0 Å². The number of amides is 2. The molecule has 1 aromatic carbocycles. The third-order valence-electron chi connectivity index (χ3n) is 3.18. The maximum absolute atomic E-state index is 12.6. The molecule has 0 spiro atoms. The van der Waals surface area contributed by atoms with Crippen LogP contribution in [0.15, 0.2) is 40.1 Å². The van der Waals surface area contributed by atoms with Gasteiger partial charge in [-0.25, -0.2) is 36.3 Å². The Labute approximate surface area is 162 Å². The molecule has 0 aliphatic carbocycles. The molecule has 0 radical (unpaired) electrons. The summed E-state index contributed by atoms with van der Waals surface area (Å²) in [6.45, 7) is 4.94. The molecule has 2 rings (SSSR count). The van der Waals surface area contributed by atoms with E-state index in [1.54, 1.807) is 36.4 Å². The van der Waals surface area contributed by atoms with Gasteiger partial charge in [-0.1, -0.05) is 17.0 Å². The number of nitrogens with one attached hydrogen (secondary N) is 3. The number of aromatic nitrogens is 2. The number of urea groups is 1. The van der Waals surface area contributed by atoms with Crippen LogP contribution in [0.4, 0.5) is 10.7 Å². The molecule has 2 aromatic rings. The van der Waals surface area contributed by atoms with Gasteiger partial charge in [0, 0.05) is 11.4 Å². The maximum Gasteiger partial charge on any atom is 0.335 e. The summed E-state index contributed by atoms with van der Waals surface area (Å²) < 4.78 is 51.4. The fourth-order valence-electron chi connectivity index (χ4n) is 2.16.